The van der Waals surface area contributed by atoms with Gasteiger partial charge in [0.1, 0.15) is 0 Å². The fourth-order valence-electron chi connectivity index (χ4n) is 2.90. The Bertz CT molecular complexity index is 542. The SMILES string of the molecule is C#CCN(CC1CC1)C(=O)C1CCNc2ccccc21. The van der Waals surface area contributed by atoms with Gasteiger partial charge in [-0.2, -0.15) is 0 Å². The zero-order valence-electron chi connectivity index (χ0n) is 11.6. The molecule has 3 rings (SSSR count). The minimum Gasteiger partial charge on any atom is -0.385 e. The second-order valence-corrected chi connectivity index (χ2v) is 5.72. The highest BCUT2D eigenvalue weighted by atomic mass is 16.2. The molecule has 3 nitrogen and oxygen atoms in total. The summed E-state index contributed by atoms with van der Waals surface area (Å²) in [6.07, 6.45) is 8.75. The van der Waals surface area contributed by atoms with E-state index in [0.29, 0.717) is 12.5 Å². The van der Waals surface area contributed by atoms with Crippen LogP contribution in [0.25, 0.3) is 0 Å². The predicted molar refractivity (Wildman–Crippen MR) is 80.4 cm³/mol. The van der Waals surface area contributed by atoms with Crippen LogP contribution < -0.4 is 5.32 Å². The normalized spacial score (nSPS) is 20.4. The van der Waals surface area contributed by atoms with Crippen molar-refractivity contribution in [3.63, 3.8) is 0 Å². The molecule has 0 spiro atoms. The molecule has 1 atom stereocenters. The van der Waals surface area contributed by atoms with Gasteiger partial charge >= 0.3 is 0 Å². The standard InChI is InChI=1S/C17H20N2O/c1-2-11-19(12-13-7-8-13)17(20)15-9-10-18-16-6-4-3-5-14(15)16/h1,3-6,13,15,18H,7-12H2. The molecule has 1 N–H and O–H groups in total. The molecule has 1 aliphatic carbocycles. The van der Waals surface area contributed by atoms with Crippen LogP contribution >= 0.6 is 0 Å². The van der Waals surface area contributed by atoms with E-state index in [4.69, 9.17) is 6.42 Å². The Balaban J connectivity index is 1.80. The van der Waals surface area contributed by atoms with Crippen LogP contribution in [0, 0.1) is 18.3 Å². The highest BCUT2D eigenvalue weighted by Gasteiger charge is 2.32. The fraction of sp³-hybridized carbons (Fsp3) is 0.471. The van der Waals surface area contributed by atoms with Gasteiger partial charge in [0.2, 0.25) is 5.91 Å². The highest BCUT2D eigenvalue weighted by Crippen LogP contribution is 2.34. The van der Waals surface area contributed by atoms with Crippen molar-refractivity contribution in [1.29, 1.82) is 0 Å². The Morgan fingerprint density at radius 3 is 2.90 bits per heavy atom. The van der Waals surface area contributed by atoms with E-state index >= 15 is 0 Å². The summed E-state index contributed by atoms with van der Waals surface area (Å²) in [4.78, 5) is 14.7. The summed E-state index contributed by atoms with van der Waals surface area (Å²) in [6.45, 7) is 2.11. The second kappa shape index (κ2) is 5.58. The fourth-order valence-corrected chi connectivity index (χ4v) is 2.90. The Labute approximate surface area is 120 Å². The largest absolute Gasteiger partial charge is 0.385 e. The van der Waals surface area contributed by atoms with Gasteiger partial charge in [-0.15, -0.1) is 6.42 Å². The van der Waals surface area contributed by atoms with Gasteiger partial charge in [-0.25, -0.2) is 0 Å². The summed E-state index contributed by atoms with van der Waals surface area (Å²) in [5.41, 5.74) is 2.20. The number of hydrogen-bond donors (Lipinski definition) is 1. The lowest BCUT2D eigenvalue weighted by atomic mass is 9.89. The van der Waals surface area contributed by atoms with Crippen LogP contribution in [-0.4, -0.2) is 30.4 Å². The van der Waals surface area contributed by atoms with Crippen molar-refractivity contribution in [2.24, 2.45) is 5.92 Å². The molecule has 0 aromatic heterocycles. The third kappa shape index (κ3) is 2.65. The van der Waals surface area contributed by atoms with Crippen molar-refractivity contribution >= 4 is 11.6 Å². The number of benzene rings is 1. The number of carbonyl (C=O) groups excluding carboxylic acids is 1. The molecule has 0 radical (unpaired) electrons. The molecule has 1 heterocycles. The summed E-state index contributed by atoms with van der Waals surface area (Å²) in [6, 6.07) is 8.09. The summed E-state index contributed by atoms with van der Waals surface area (Å²) in [5.74, 6) is 3.46. The number of nitrogens with one attached hydrogen (secondary N) is 1. The van der Waals surface area contributed by atoms with Crippen LogP contribution in [0.4, 0.5) is 5.69 Å². The average Bonchev–Trinajstić information content (AvgIpc) is 3.29. The number of terminal acetylenes is 1. The Morgan fingerprint density at radius 2 is 2.15 bits per heavy atom. The van der Waals surface area contributed by atoms with Crippen LogP contribution in [0.15, 0.2) is 24.3 Å². The molecule has 0 bridgehead atoms. The molecule has 1 amide bonds. The van der Waals surface area contributed by atoms with Gasteiger partial charge in [0.05, 0.1) is 12.5 Å². The first-order valence-corrected chi connectivity index (χ1v) is 7.34. The summed E-state index contributed by atoms with van der Waals surface area (Å²) in [7, 11) is 0. The summed E-state index contributed by atoms with van der Waals surface area (Å²) >= 11 is 0. The molecule has 0 saturated heterocycles. The number of anilines is 1. The van der Waals surface area contributed by atoms with Crippen molar-refractivity contribution in [2.75, 3.05) is 25.0 Å². The van der Waals surface area contributed by atoms with Crippen LogP contribution in [0.2, 0.25) is 0 Å². The van der Waals surface area contributed by atoms with Crippen molar-refractivity contribution in [3.8, 4) is 12.3 Å². The number of carbonyl (C=O) groups is 1. The van der Waals surface area contributed by atoms with Crippen molar-refractivity contribution in [3.05, 3.63) is 29.8 Å². The van der Waals surface area contributed by atoms with E-state index < -0.39 is 0 Å². The number of nitrogens with zero attached hydrogens (tertiary/aromatic N) is 1. The Morgan fingerprint density at radius 1 is 1.35 bits per heavy atom. The maximum Gasteiger partial charge on any atom is 0.231 e. The van der Waals surface area contributed by atoms with E-state index in [1.165, 1.54) is 12.8 Å². The van der Waals surface area contributed by atoms with E-state index in [-0.39, 0.29) is 11.8 Å². The second-order valence-electron chi connectivity index (χ2n) is 5.72. The maximum atomic E-state index is 12.8. The molecule has 1 fully saturated rings. The van der Waals surface area contributed by atoms with E-state index in [1.807, 2.05) is 23.1 Å². The summed E-state index contributed by atoms with van der Waals surface area (Å²) in [5, 5.41) is 3.36. The molecular formula is C17H20N2O. The number of para-hydroxylation sites is 1. The minimum atomic E-state index is -0.0421. The van der Waals surface area contributed by atoms with Crippen molar-refractivity contribution in [1.82, 2.24) is 4.90 Å². The van der Waals surface area contributed by atoms with Gasteiger partial charge in [0.25, 0.3) is 0 Å². The highest BCUT2D eigenvalue weighted by molar-refractivity contribution is 5.86. The Kier molecular flexibility index (Phi) is 3.64. The van der Waals surface area contributed by atoms with E-state index in [0.717, 1.165) is 30.8 Å². The maximum absolute atomic E-state index is 12.8. The smallest absolute Gasteiger partial charge is 0.231 e. The van der Waals surface area contributed by atoms with Crippen molar-refractivity contribution < 1.29 is 4.79 Å². The van der Waals surface area contributed by atoms with Gasteiger partial charge in [0, 0.05) is 18.8 Å². The van der Waals surface area contributed by atoms with Gasteiger partial charge in [-0.05, 0) is 36.8 Å². The first-order valence-electron chi connectivity index (χ1n) is 7.34. The van der Waals surface area contributed by atoms with Gasteiger partial charge < -0.3 is 10.2 Å². The first kappa shape index (κ1) is 13.1. The molecular weight excluding hydrogens is 248 g/mol. The Hall–Kier alpha value is -1.95. The van der Waals surface area contributed by atoms with E-state index in [1.54, 1.807) is 0 Å². The lowest BCUT2D eigenvalue weighted by molar-refractivity contribution is -0.132. The van der Waals surface area contributed by atoms with E-state index in [9.17, 15) is 4.79 Å². The molecule has 1 unspecified atom stereocenters. The first-order chi connectivity index (χ1) is 9.79. The van der Waals surface area contributed by atoms with Crippen LogP contribution in [0.1, 0.15) is 30.7 Å². The predicted octanol–water partition coefficient (Wildman–Crippen LogP) is 2.46. The minimum absolute atomic E-state index is 0.0421. The third-order valence-corrected chi connectivity index (χ3v) is 4.15. The molecule has 1 aliphatic heterocycles. The molecule has 3 heteroatoms. The van der Waals surface area contributed by atoms with Crippen molar-refractivity contribution in [2.45, 2.75) is 25.2 Å². The zero-order chi connectivity index (χ0) is 13.9. The molecule has 20 heavy (non-hydrogen) atoms. The number of hydrogen-bond acceptors (Lipinski definition) is 2. The van der Waals surface area contributed by atoms with Crippen LogP contribution in [0.5, 0.6) is 0 Å². The molecule has 1 aromatic rings. The third-order valence-electron chi connectivity index (χ3n) is 4.15. The molecule has 2 aliphatic rings. The monoisotopic (exact) mass is 268 g/mol. The quantitative estimate of drug-likeness (QED) is 0.851. The van der Waals surface area contributed by atoms with E-state index in [2.05, 4.69) is 17.3 Å². The van der Waals surface area contributed by atoms with Crippen LogP contribution in [0.3, 0.4) is 0 Å². The van der Waals surface area contributed by atoms with Gasteiger partial charge in [0.15, 0.2) is 0 Å². The lowest BCUT2D eigenvalue weighted by Gasteiger charge is -2.30. The van der Waals surface area contributed by atoms with Gasteiger partial charge in [-0.1, -0.05) is 24.1 Å². The average molecular weight is 268 g/mol. The van der Waals surface area contributed by atoms with Gasteiger partial charge in [-0.3, -0.25) is 4.79 Å². The zero-order valence-corrected chi connectivity index (χ0v) is 11.6. The topological polar surface area (TPSA) is 32.3 Å². The molecule has 104 valence electrons. The number of rotatable bonds is 4. The lowest BCUT2D eigenvalue weighted by Crippen LogP contribution is -2.38. The molecule has 1 saturated carbocycles. The number of fused-ring (bicyclic) bond motifs is 1. The van der Waals surface area contributed by atoms with Crippen LogP contribution in [-0.2, 0) is 4.79 Å². The molecule has 1 aromatic carbocycles. The summed E-state index contributed by atoms with van der Waals surface area (Å²) < 4.78 is 0. The number of amides is 1.